The summed E-state index contributed by atoms with van der Waals surface area (Å²) in [7, 11) is 0. The highest BCUT2D eigenvalue weighted by Crippen LogP contribution is 2.28. The summed E-state index contributed by atoms with van der Waals surface area (Å²) >= 11 is 1.66. The molecule has 1 aromatic heterocycles. The molecule has 0 bridgehead atoms. The van der Waals surface area contributed by atoms with Crippen molar-refractivity contribution < 1.29 is 9.59 Å². The van der Waals surface area contributed by atoms with Crippen molar-refractivity contribution in [1.29, 1.82) is 0 Å². The number of rotatable bonds is 6. The molecule has 30 heavy (non-hydrogen) atoms. The van der Waals surface area contributed by atoms with Gasteiger partial charge in [-0.15, -0.1) is 11.8 Å². The molecule has 1 unspecified atom stereocenters. The van der Waals surface area contributed by atoms with E-state index >= 15 is 0 Å². The van der Waals surface area contributed by atoms with E-state index in [9.17, 15) is 9.59 Å². The molecule has 0 spiro atoms. The lowest BCUT2D eigenvalue weighted by Gasteiger charge is -2.17. The van der Waals surface area contributed by atoms with Crippen LogP contribution >= 0.6 is 11.8 Å². The molecule has 1 aliphatic heterocycles. The summed E-state index contributed by atoms with van der Waals surface area (Å²) in [5.74, 6) is 0.0801. The van der Waals surface area contributed by atoms with Crippen molar-refractivity contribution in [2.45, 2.75) is 24.8 Å². The number of amides is 2. The first-order valence-corrected chi connectivity index (χ1v) is 11.1. The predicted octanol–water partition coefficient (Wildman–Crippen LogP) is 3.95. The molecule has 3 aromatic rings. The quantitative estimate of drug-likeness (QED) is 0.613. The van der Waals surface area contributed by atoms with Gasteiger partial charge in [-0.25, -0.2) is 4.68 Å². The third-order valence-electron chi connectivity index (χ3n) is 5.21. The predicted molar refractivity (Wildman–Crippen MR) is 120 cm³/mol. The van der Waals surface area contributed by atoms with E-state index in [4.69, 9.17) is 0 Å². The van der Waals surface area contributed by atoms with Gasteiger partial charge in [0.15, 0.2) is 0 Å². The minimum Gasteiger partial charge on any atom is -0.312 e. The molecule has 6 nitrogen and oxygen atoms in total. The van der Waals surface area contributed by atoms with Gasteiger partial charge in [0.1, 0.15) is 5.82 Å². The summed E-state index contributed by atoms with van der Waals surface area (Å²) in [6.45, 7) is 2.85. The van der Waals surface area contributed by atoms with Crippen LogP contribution in [0.25, 0.3) is 0 Å². The molecule has 0 saturated carbocycles. The van der Waals surface area contributed by atoms with Gasteiger partial charge in [-0.3, -0.25) is 9.59 Å². The van der Waals surface area contributed by atoms with Gasteiger partial charge in [-0.1, -0.05) is 30.3 Å². The molecule has 154 valence electrons. The zero-order valence-corrected chi connectivity index (χ0v) is 17.9. The number of thioether (sulfide) groups is 1. The SMILES string of the molecule is CSc1ccc(N2CC(C(=O)Nc3cc(C)nn3Cc3ccccc3)CC2=O)cc1. The Labute approximate surface area is 180 Å². The van der Waals surface area contributed by atoms with E-state index in [1.807, 2.05) is 73.8 Å². The molecule has 1 saturated heterocycles. The monoisotopic (exact) mass is 420 g/mol. The Kier molecular flexibility index (Phi) is 5.90. The Morgan fingerprint density at radius 3 is 2.60 bits per heavy atom. The van der Waals surface area contributed by atoms with Gasteiger partial charge >= 0.3 is 0 Å². The molecular weight excluding hydrogens is 396 g/mol. The topological polar surface area (TPSA) is 67.2 Å². The summed E-state index contributed by atoms with van der Waals surface area (Å²) in [5, 5.41) is 7.49. The highest BCUT2D eigenvalue weighted by atomic mass is 32.2. The fourth-order valence-corrected chi connectivity index (χ4v) is 4.05. The highest BCUT2D eigenvalue weighted by Gasteiger charge is 2.35. The lowest BCUT2D eigenvalue weighted by atomic mass is 10.1. The average molecular weight is 421 g/mol. The van der Waals surface area contributed by atoms with E-state index in [1.165, 1.54) is 0 Å². The molecule has 1 fully saturated rings. The van der Waals surface area contributed by atoms with Gasteiger partial charge in [0, 0.05) is 29.6 Å². The number of aromatic nitrogens is 2. The molecule has 2 amide bonds. The van der Waals surface area contributed by atoms with Crippen LogP contribution in [0.3, 0.4) is 0 Å². The molecule has 1 atom stereocenters. The lowest BCUT2D eigenvalue weighted by Crippen LogP contribution is -2.28. The van der Waals surface area contributed by atoms with E-state index in [0.717, 1.165) is 21.8 Å². The molecule has 1 aliphatic rings. The second kappa shape index (κ2) is 8.75. The molecule has 0 aliphatic carbocycles. The van der Waals surface area contributed by atoms with Crippen LogP contribution in [0.5, 0.6) is 0 Å². The average Bonchev–Trinajstić information content (AvgIpc) is 3.31. The molecule has 2 heterocycles. The number of hydrogen-bond acceptors (Lipinski definition) is 4. The highest BCUT2D eigenvalue weighted by molar-refractivity contribution is 7.98. The molecular formula is C23H24N4O2S. The van der Waals surface area contributed by atoms with E-state index < -0.39 is 5.92 Å². The maximum absolute atomic E-state index is 12.9. The van der Waals surface area contributed by atoms with Crippen LogP contribution < -0.4 is 10.2 Å². The van der Waals surface area contributed by atoms with Crippen molar-refractivity contribution in [3.63, 3.8) is 0 Å². The van der Waals surface area contributed by atoms with Crippen molar-refractivity contribution in [2.24, 2.45) is 5.92 Å². The standard InChI is InChI=1S/C23H24N4O2S/c1-16-12-21(27(25-16)14-17-6-4-3-5-7-17)24-23(29)18-13-22(28)26(15-18)19-8-10-20(30-2)11-9-19/h3-12,18H,13-15H2,1-2H3,(H,24,29). The van der Waals surface area contributed by atoms with Crippen molar-refractivity contribution in [3.8, 4) is 0 Å². The maximum Gasteiger partial charge on any atom is 0.230 e. The van der Waals surface area contributed by atoms with Crippen LogP contribution in [0.4, 0.5) is 11.5 Å². The van der Waals surface area contributed by atoms with Crippen molar-refractivity contribution >= 4 is 35.1 Å². The number of hydrogen-bond donors (Lipinski definition) is 1. The second-order valence-corrected chi connectivity index (χ2v) is 8.29. The van der Waals surface area contributed by atoms with Crippen LogP contribution in [0.15, 0.2) is 65.6 Å². The van der Waals surface area contributed by atoms with Gasteiger partial charge in [0.05, 0.1) is 18.2 Å². The zero-order valence-electron chi connectivity index (χ0n) is 17.0. The van der Waals surface area contributed by atoms with E-state index in [-0.39, 0.29) is 18.2 Å². The van der Waals surface area contributed by atoms with E-state index in [2.05, 4.69) is 10.4 Å². The van der Waals surface area contributed by atoms with E-state index in [0.29, 0.717) is 18.9 Å². The fourth-order valence-electron chi connectivity index (χ4n) is 3.65. The fraction of sp³-hybridized carbons (Fsp3) is 0.261. The third kappa shape index (κ3) is 4.41. The smallest absolute Gasteiger partial charge is 0.230 e. The number of anilines is 2. The molecule has 4 rings (SSSR count). The lowest BCUT2D eigenvalue weighted by molar-refractivity contribution is -0.122. The Morgan fingerprint density at radius 2 is 1.90 bits per heavy atom. The summed E-state index contributed by atoms with van der Waals surface area (Å²) in [5.41, 5.74) is 2.77. The number of carbonyl (C=O) groups is 2. The van der Waals surface area contributed by atoms with Crippen molar-refractivity contribution in [3.05, 3.63) is 71.9 Å². The summed E-state index contributed by atoms with van der Waals surface area (Å²) in [6.07, 6.45) is 2.22. The minimum absolute atomic E-state index is 0.0268. The van der Waals surface area contributed by atoms with Crippen LogP contribution in [0.1, 0.15) is 17.7 Å². The van der Waals surface area contributed by atoms with Crippen LogP contribution in [0.2, 0.25) is 0 Å². The van der Waals surface area contributed by atoms with Crippen LogP contribution in [0, 0.1) is 12.8 Å². The molecule has 1 N–H and O–H groups in total. The second-order valence-electron chi connectivity index (χ2n) is 7.41. The van der Waals surface area contributed by atoms with Gasteiger partial charge in [-0.05, 0) is 43.0 Å². The van der Waals surface area contributed by atoms with Gasteiger partial charge in [0.25, 0.3) is 0 Å². The van der Waals surface area contributed by atoms with E-state index in [1.54, 1.807) is 21.3 Å². The van der Waals surface area contributed by atoms with Crippen molar-refractivity contribution in [2.75, 3.05) is 23.0 Å². The summed E-state index contributed by atoms with van der Waals surface area (Å²) in [4.78, 5) is 28.3. The zero-order chi connectivity index (χ0) is 21.1. The number of nitrogens with zero attached hydrogens (tertiary/aromatic N) is 3. The first-order chi connectivity index (χ1) is 14.5. The Balaban J connectivity index is 1.45. The first-order valence-electron chi connectivity index (χ1n) is 9.87. The van der Waals surface area contributed by atoms with Crippen LogP contribution in [-0.2, 0) is 16.1 Å². The normalized spacial score (nSPS) is 16.1. The summed E-state index contributed by atoms with van der Waals surface area (Å²) in [6, 6.07) is 19.7. The van der Waals surface area contributed by atoms with Crippen LogP contribution in [-0.4, -0.2) is 34.4 Å². The van der Waals surface area contributed by atoms with Gasteiger partial charge in [-0.2, -0.15) is 5.10 Å². The third-order valence-corrected chi connectivity index (χ3v) is 5.95. The van der Waals surface area contributed by atoms with Crippen molar-refractivity contribution in [1.82, 2.24) is 9.78 Å². The Morgan fingerprint density at radius 1 is 1.17 bits per heavy atom. The number of carbonyl (C=O) groups excluding carboxylic acids is 2. The van der Waals surface area contributed by atoms with Gasteiger partial charge < -0.3 is 10.2 Å². The molecule has 0 radical (unpaired) electrons. The maximum atomic E-state index is 12.9. The Hall–Kier alpha value is -3.06. The number of aryl methyl sites for hydroxylation is 1. The summed E-state index contributed by atoms with van der Waals surface area (Å²) < 4.78 is 1.79. The minimum atomic E-state index is -0.391. The largest absolute Gasteiger partial charge is 0.312 e. The molecule has 2 aromatic carbocycles. The number of nitrogens with one attached hydrogen (secondary N) is 1. The molecule has 7 heteroatoms. The first kappa shape index (κ1) is 20.2. The Bertz CT molecular complexity index is 1050. The van der Waals surface area contributed by atoms with Gasteiger partial charge in [0.2, 0.25) is 11.8 Å². The number of benzene rings is 2.